The standard InChI is InChI=1S/C14H27NO/c1-14(2)9-7-12(8-10-16)11-15(14)13-5-3-4-6-13/h12-13,16H,3-11H2,1-2H3. The Kier molecular flexibility index (Phi) is 3.91. The molecule has 94 valence electrons. The topological polar surface area (TPSA) is 23.5 Å². The van der Waals surface area contributed by atoms with E-state index in [0.717, 1.165) is 18.4 Å². The summed E-state index contributed by atoms with van der Waals surface area (Å²) in [6.45, 7) is 6.39. The summed E-state index contributed by atoms with van der Waals surface area (Å²) in [5.74, 6) is 0.735. The maximum Gasteiger partial charge on any atom is 0.0434 e. The Morgan fingerprint density at radius 1 is 1.19 bits per heavy atom. The molecule has 0 bridgehead atoms. The highest BCUT2D eigenvalue weighted by molar-refractivity contribution is 4.93. The molecule has 1 N–H and O–H groups in total. The summed E-state index contributed by atoms with van der Waals surface area (Å²) in [6.07, 6.45) is 9.23. The number of hydrogen-bond acceptors (Lipinski definition) is 2. The fraction of sp³-hybridized carbons (Fsp3) is 1.00. The molecule has 1 heterocycles. The Bertz CT molecular complexity index is 221. The lowest BCUT2D eigenvalue weighted by atomic mass is 9.82. The zero-order chi connectivity index (χ0) is 11.6. The highest BCUT2D eigenvalue weighted by atomic mass is 16.3. The van der Waals surface area contributed by atoms with Gasteiger partial charge < -0.3 is 5.11 Å². The normalized spacial score (nSPS) is 32.1. The van der Waals surface area contributed by atoms with Crippen LogP contribution in [0.4, 0.5) is 0 Å². The molecular weight excluding hydrogens is 198 g/mol. The summed E-state index contributed by atoms with van der Waals surface area (Å²) >= 11 is 0. The molecule has 0 aromatic rings. The van der Waals surface area contributed by atoms with Crippen LogP contribution in [0.15, 0.2) is 0 Å². The summed E-state index contributed by atoms with van der Waals surface area (Å²) < 4.78 is 0. The zero-order valence-corrected chi connectivity index (χ0v) is 10.9. The van der Waals surface area contributed by atoms with Crippen LogP contribution in [0.5, 0.6) is 0 Å². The van der Waals surface area contributed by atoms with Gasteiger partial charge >= 0.3 is 0 Å². The first-order chi connectivity index (χ1) is 7.63. The fourth-order valence-corrected chi connectivity index (χ4v) is 3.59. The molecule has 2 heteroatoms. The third-order valence-corrected chi connectivity index (χ3v) is 4.70. The molecule has 0 spiro atoms. The summed E-state index contributed by atoms with van der Waals surface area (Å²) in [5.41, 5.74) is 0.390. The maximum atomic E-state index is 9.08. The molecule has 1 aliphatic carbocycles. The second kappa shape index (κ2) is 5.05. The average Bonchev–Trinajstić information content (AvgIpc) is 2.74. The van der Waals surface area contributed by atoms with E-state index in [0.29, 0.717) is 12.1 Å². The van der Waals surface area contributed by atoms with Gasteiger partial charge in [0, 0.05) is 24.7 Å². The van der Waals surface area contributed by atoms with Gasteiger partial charge in [0.05, 0.1) is 0 Å². The van der Waals surface area contributed by atoms with Gasteiger partial charge in [-0.2, -0.15) is 0 Å². The van der Waals surface area contributed by atoms with E-state index in [2.05, 4.69) is 18.7 Å². The molecule has 1 unspecified atom stereocenters. The van der Waals surface area contributed by atoms with Crippen molar-refractivity contribution in [3.05, 3.63) is 0 Å². The molecule has 2 aliphatic rings. The highest BCUT2D eigenvalue weighted by Crippen LogP contribution is 2.37. The van der Waals surface area contributed by atoms with Crippen LogP contribution in [0.25, 0.3) is 0 Å². The van der Waals surface area contributed by atoms with Crippen molar-refractivity contribution in [3.8, 4) is 0 Å². The SMILES string of the molecule is CC1(C)CCC(CCO)CN1C1CCCC1. The van der Waals surface area contributed by atoms with Crippen LogP contribution < -0.4 is 0 Å². The Balaban J connectivity index is 1.99. The Labute approximate surface area is 100 Å². The van der Waals surface area contributed by atoms with Gasteiger partial charge in [-0.25, -0.2) is 0 Å². The molecule has 1 saturated heterocycles. The van der Waals surface area contributed by atoms with E-state index in [1.54, 1.807) is 0 Å². The van der Waals surface area contributed by atoms with Crippen molar-refractivity contribution in [3.63, 3.8) is 0 Å². The highest BCUT2D eigenvalue weighted by Gasteiger charge is 2.38. The molecule has 0 radical (unpaired) electrons. The number of piperidine rings is 1. The first-order valence-electron chi connectivity index (χ1n) is 7.01. The number of rotatable bonds is 3. The maximum absolute atomic E-state index is 9.08. The van der Waals surface area contributed by atoms with Crippen LogP contribution in [-0.4, -0.2) is 34.7 Å². The summed E-state index contributed by atoms with van der Waals surface area (Å²) in [5, 5.41) is 9.08. The minimum Gasteiger partial charge on any atom is -0.396 e. The van der Waals surface area contributed by atoms with E-state index < -0.39 is 0 Å². The van der Waals surface area contributed by atoms with Gasteiger partial charge in [-0.3, -0.25) is 4.90 Å². The third kappa shape index (κ3) is 2.60. The van der Waals surface area contributed by atoms with Crippen molar-refractivity contribution in [2.45, 2.75) is 70.4 Å². The van der Waals surface area contributed by atoms with Crippen LogP contribution in [0.2, 0.25) is 0 Å². The first kappa shape index (κ1) is 12.4. The van der Waals surface area contributed by atoms with Crippen molar-refractivity contribution in [1.82, 2.24) is 4.90 Å². The van der Waals surface area contributed by atoms with Gasteiger partial charge in [-0.05, 0) is 51.9 Å². The largest absolute Gasteiger partial charge is 0.396 e. The molecular formula is C14H27NO. The van der Waals surface area contributed by atoms with Crippen molar-refractivity contribution in [1.29, 1.82) is 0 Å². The minimum absolute atomic E-state index is 0.365. The van der Waals surface area contributed by atoms with Crippen LogP contribution >= 0.6 is 0 Å². The molecule has 2 nitrogen and oxygen atoms in total. The molecule has 0 amide bonds. The summed E-state index contributed by atoms with van der Waals surface area (Å²) in [7, 11) is 0. The van der Waals surface area contributed by atoms with E-state index in [4.69, 9.17) is 5.11 Å². The number of hydrogen-bond donors (Lipinski definition) is 1. The van der Waals surface area contributed by atoms with Crippen molar-refractivity contribution in [2.75, 3.05) is 13.2 Å². The van der Waals surface area contributed by atoms with Crippen LogP contribution in [-0.2, 0) is 0 Å². The van der Waals surface area contributed by atoms with Gasteiger partial charge in [0.25, 0.3) is 0 Å². The lowest BCUT2D eigenvalue weighted by Gasteiger charge is -2.49. The van der Waals surface area contributed by atoms with Gasteiger partial charge in [-0.15, -0.1) is 0 Å². The molecule has 1 saturated carbocycles. The predicted molar refractivity (Wildman–Crippen MR) is 67.5 cm³/mol. The quantitative estimate of drug-likeness (QED) is 0.798. The lowest BCUT2D eigenvalue weighted by Crippen LogP contribution is -2.54. The van der Waals surface area contributed by atoms with Crippen LogP contribution in [0.3, 0.4) is 0 Å². The lowest BCUT2D eigenvalue weighted by molar-refractivity contribution is 0.00326. The van der Waals surface area contributed by atoms with Crippen molar-refractivity contribution < 1.29 is 5.11 Å². The minimum atomic E-state index is 0.365. The Morgan fingerprint density at radius 3 is 2.50 bits per heavy atom. The molecule has 16 heavy (non-hydrogen) atoms. The van der Waals surface area contributed by atoms with Gasteiger partial charge in [-0.1, -0.05) is 12.8 Å². The third-order valence-electron chi connectivity index (χ3n) is 4.70. The molecule has 0 aromatic carbocycles. The second-order valence-electron chi connectivity index (χ2n) is 6.32. The fourth-order valence-electron chi connectivity index (χ4n) is 3.59. The van der Waals surface area contributed by atoms with Crippen LogP contribution in [0.1, 0.15) is 58.8 Å². The van der Waals surface area contributed by atoms with Gasteiger partial charge in [0.2, 0.25) is 0 Å². The van der Waals surface area contributed by atoms with Gasteiger partial charge in [0.15, 0.2) is 0 Å². The van der Waals surface area contributed by atoms with E-state index >= 15 is 0 Å². The monoisotopic (exact) mass is 225 g/mol. The molecule has 0 aromatic heterocycles. The Morgan fingerprint density at radius 2 is 1.88 bits per heavy atom. The smallest absolute Gasteiger partial charge is 0.0434 e. The van der Waals surface area contributed by atoms with Crippen molar-refractivity contribution >= 4 is 0 Å². The predicted octanol–water partition coefficient (Wildman–Crippen LogP) is 2.80. The molecule has 1 aliphatic heterocycles. The number of nitrogens with zero attached hydrogens (tertiary/aromatic N) is 1. The van der Waals surface area contributed by atoms with E-state index in [9.17, 15) is 0 Å². The van der Waals surface area contributed by atoms with Gasteiger partial charge in [0.1, 0.15) is 0 Å². The van der Waals surface area contributed by atoms with Crippen LogP contribution in [0, 0.1) is 5.92 Å². The second-order valence-corrected chi connectivity index (χ2v) is 6.32. The van der Waals surface area contributed by atoms with E-state index in [1.807, 2.05) is 0 Å². The van der Waals surface area contributed by atoms with E-state index in [1.165, 1.54) is 45.1 Å². The van der Waals surface area contributed by atoms with Crippen molar-refractivity contribution in [2.24, 2.45) is 5.92 Å². The zero-order valence-electron chi connectivity index (χ0n) is 10.9. The molecule has 1 atom stereocenters. The average molecular weight is 225 g/mol. The number of aliphatic hydroxyl groups excluding tert-OH is 1. The van der Waals surface area contributed by atoms with E-state index in [-0.39, 0.29) is 0 Å². The summed E-state index contributed by atoms with van der Waals surface area (Å²) in [6, 6.07) is 0.830. The first-order valence-corrected chi connectivity index (χ1v) is 7.01. The number of aliphatic hydroxyl groups is 1. The summed E-state index contributed by atoms with van der Waals surface area (Å²) in [4.78, 5) is 2.75. The molecule has 2 rings (SSSR count). The number of likely N-dealkylation sites (tertiary alicyclic amines) is 1. The Hall–Kier alpha value is -0.0800. The molecule has 2 fully saturated rings.